The van der Waals surface area contributed by atoms with E-state index in [0.717, 1.165) is 42.9 Å². The maximum absolute atomic E-state index is 14.1. The monoisotopic (exact) mass is 485 g/mol. The molecule has 4 heteroatoms. The number of benzene rings is 1. The summed E-state index contributed by atoms with van der Waals surface area (Å²) in [5.74, 6) is 1.51. The van der Waals surface area contributed by atoms with Crippen LogP contribution < -0.4 is 9.47 Å². The van der Waals surface area contributed by atoms with Crippen LogP contribution in [0, 0.1) is 0 Å². The molecule has 0 aliphatic heterocycles. The smallest absolute Gasteiger partial charge is 0.137 e. The number of halogens is 1. The standard InChI is InChI=1S/C31H48FNO2/c1-3-5-7-9-11-12-14-16-24-34-29-20-18-27(19-21-29)31-23-22-30(25-33-31)35-26-28(32)17-15-13-10-8-6-4-2/h18-23,25,28H,3-17,24,26H2,1-2H3. The predicted octanol–water partition coefficient (Wildman–Crippen LogP) is 9.74. The van der Waals surface area contributed by atoms with Crippen molar-refractivity contribution in [1.82, 2.24) is 4.98 Å². The van der Waals surface area contributed by atoms with Crippen LogP contribution in [0.3, 0.4) is 0 Å². The molecule has 0 saturated heterocycles. The van der Waals surface area contributed by atoms with Gasteiger partial charge in [-0.25, -0.2) is 4.39 Å². The number of unbranched alkanes of at least 4 members (excludes halogenated alkanes) is 12. The molecule has 2 rings (SSSR count). The van der Waals surface area contributed by atoms with Crippen LogP contribution in [0.5, 0.6) is 11.5 Å². The highest BCUT2D eigenvalue weighted by Crippen LogP contribution is 2.23. The second-order valence-electron chi connectivity index (χ2n) is 9.69. The van der Waals surface area contributed by atoms with Gasteiger partial charge in [0.15, 0.2) is 0 Å². The summed E-state index contributed by atoms with van der Waals surface area (Å²) >= 11 is 0. The van der Waals surface area contributed by atoms with Gasteiger partial charge in [0.25, 0.3) is 0 Å². The number of ether oxygens (including phenoxy) is 2. The molecule has 1 aromatic carbocycles. The molecule has 0 N–H and O–H groups in total. The Balaban J connectivity index is 1.61. The number of rotatable bonds is 21. The average Bonchev–Trinajstić information content (AvgIpc) is 2.89. The molecule has 0 bridgehead atoms. The summed E-state index contributed by atoms with van der Waals surface area (Å²) in [6, 6.07) is 11.9. The second-order valence-corrected chi connectivity index (χ2v) is 9.69. The fourth-order valence-corrected chi connectivity index (χ4v) is 4.20. The molecule has 0 fully saturated rings. The normalized spacial score (nSPS) is 12.0. The minimum absolute atomic E-state index is 0.0981. The molecule has 0 amide bonds. The van der Waals surface area contributed by atoms with Gasteiger partial charge in [0.05, 0.1) is 18.5 Å². The zero-order chi connectivity index (χ0) is 25.0. The Hall–Kier alpha value is -2.10. The first-order valence-electron chi connectivity index (χ1n) is 14.2. The topological polar surface area (TPSA) is 31.4 Å². The zero-order valence-corrected chi connectivity index (χ0v) is 22.3. The largest absolute Gasteiger partial charge is 0.494 e. The highest BCUT2D eigenvalue weighted by molar-refractivity contribution is 5.60. The molecule has 35 heavy (non-hydrogen) atoms. The van der Waals surface area contributed by atoms with E-state index in [-0.39, 0.29) is 6.61 Å². The Bertz CT molecular complexity index is 748. The van der Waals surface area contributed by atoms with Crippen molar-refractivity contribution in [2.24, 2.45) is 0 Å². The van der Waals surface area contributed by atoms with Crippen LogP contribution in [0.15, 0.2) is 42.6 Å². The van der Waals surface area contributed by atoms with Crippen LogP contribution in [0.4, 0.5) is 4.39 Å². The fraction of sp³-hybridized carbons (Fsp3) is 0.645. The Morgan fingerprint density at radius 1 is 0.657 bits per heavy atom. The molecule has 0 saturated carbocycles. The Kier molecular flexibility index (Phi) is 15.9. The van der Waals surface area contributed by atoms with E-state index in [0.29, 0.717) is 12.2 Å². The molecule has 3 nitrogen and oxygen atoms in total. The molecule has 1 unspecified atom stereocenters. The molecule has 1 heterocycles. The van der Waals surface area contributed by atoms with Gasteiger partial charge in [-0.2, -0.15) is 0 Å². The van der Waals surface area contributed by atoms with Crippen molar-refractivity contribution in [2.75, 3.05) is 13.2 Å². The molecule has 0 aliphatic carbocycles. The Morgan fingerprint density at radius 2 is 1.23 bits per heavy atom. The number of aromatic nitrogens is 1. The van der Waals surface area contributed by atoms with Crippen molar-refractivity contribution in [1.29, 1.82) is 0 Å². The van der Waals surface area contributed by atoms with Gasteiger partial charge >= 0.3 is 0 Å². The molecule has 1 aromatic heterocycles. The van der Waals surface area contributed by atoms with Crippen molar-refractivity contribution in [3.8, 4) is 22.8 Å². The van der Waals surface area contributed by atoms with E-state index in [1.165, 1.54) is 70.6 Å². The molecule has 2 aromatic rings. The highest BCUT2D eigenvalue weighted by atomic mass is 19.1. The highest BCUT2D eigenvalue weighted by Gasteiger charge is 2.08. The van der Waals surface area contributed by atoms with Gasteiger partial charge in [-0.1, -0.05) is 97.3 Å². The van der Waals surface area contributed by atoms with Crippen LogP contribution in [0.2, 0.25) is 0 Å². The number of hydrogen-bond acceptors (Lipinski definition) is 3. The maximum atomic E-state index is 14.1. The number of pyridine rings is 1. The number of hydrogen-bond donors (Lipinski definition) is 0. The summed E-state index contributed by atoms with van der Waals surface area (Å²) in [7, 11) is 0. The van der Waals surface area contributed by atoms with E-state index < -0.39 is 6.17 Å². The number of nitrogens with zero attached hydrogens (tertiary/aromatic N) is 1. The van der Waals surface area contributed by atoms with Crippen LogP contribution >= 0.6 is 0 Å². The van der Waals surface area contributed by atoms with Gasteiger partial charge in [0.2, 0.25) is 0 Å². The summed E-state index contributed by atoms with van der Waals surface area (Å²) in [6.07, 6.45) is 18.8. The van der Waals surface area contributed by atoms with Gasteiger partial charge < -0.3 is 9.47 Å². The van der Waals surface area contributed by atoms with E-state index in [1.54, 1.807) is 6.20 Å². The van der Waals surface area contributed by atoms with Gasteiger partial charge in [-0.05, 0) is 49.2 Å². The molecule has 0 radical (unpaired) electrons. The molecule has 1 atom stereocenters. The van der Waals surface area contributed by atoms with Crippen molar-refractivity contribution in [2.45, 2.75) is 116 Å². The summed E-state index contributed by atoms with van der Waals surface area (Å²) < 4.78 is 25.6. The van der Waals surface area contributed by atoms with Gasteiger partial charge in [0.1, 0.15) is 24.3 Å². The molecule has 0 spiro atoms. The van der Waals surface area contributed by atoms with Crippen LogP contribution in [-0.2, 0) is 0 Å². The summed E-state index contributed by atoms with van der Waals surface area (Å²) in [6.45, 7) is 5.34. The summed E-state index contributed by atoms with van der Waals surface area (Å²) in [5.41, 5.74) is 1.90. The Morgan fingerprint density at radius 3 is 1.83 bits per heavy atom. The first-order chi connectivity index (χ1) is 17.2. The second kappa shape index (κ2) is 19.1. The third-order valence-corrected chi connectivity index (χ3v) is 6.45. The van der Waals surface area contributed by atoms with E-state index >= 15 is 0 Å². The summed E-state index contributed by atoms with van der Waals surface area (Å²) in [5, 5.41) is 0. The van der Waals surface area contributed by atoms with Crippen molar-refractivity contribution >= 4 is 0 Å². The minimum Gasteiger partial charge on any atom is -0.494 e. The fourth-order valence-electron chi connectivity index (χ4n) is 4.20. The van der Waals surface area contributed by atoms with Crippen LogP contribution in [-0.4, -0.2) is 24.4 Å². The lowest BCUT2D eigenvalue weighted by Crippen LogP contribution is -2.12. The van der Waals surface area contributed by atoms with Gasteiger partial charge in [-0.15, -0.1) is 0 Å². The molecule has 0 aliphatic rings. The maximum Gasteiger partial charge on any atom is 0.137 e. The minimum atomic E-state index is -0.917. The van der Waals surface area contributed by atoms with E-state index in [9.17, 15) is 4.39 Å². The summed E-state index contributed by atoms with van der Waals surface area (Å²) in [4.78, 5) is 4.49. The first-order valence-corrected chi connectivity index (χ1v) is 14.2. The first kappa shape index (κ1) is 29.1. The predicted molar refractivity (Wildman–Crippen MR) is 146 cm³/mol. The molecular weight excluding hydrogens is 437 g/mol. The van der Waals surface area contributed by atoms with Gasteiger partial charge in [0, 0.05) is 5.56 Å². The van der Waals surface area contributed by atoms with E-state index in [2.05, 4.69) is 18.8 Å². The molecular formula is C31H48FNO2. The third kappa shape index (κ3) is 13.5. The lowest BCUT2D eigenvalue weighted by atomic mass is 10.1. The number of alkyl halides is 1. The van der Waals surface area contributed by atoms with Crippen molar-refractivity contribution in [3.05, 3.63) is 42.6 Å². The lowest BCUT2D eigenvalue weighted by molar-refractivity contribution is 0.183. The van der Waals surface area contributed by atoms with Crippen molar-refractivity contribution < 1.29 is 13.9 Å². The van der Waals surface area contributed by atoms with Crippen LogP contribution in [0.1, 0.15) is 110 Å². The van der Waals surface area contributed by atoms with Gasteiger partial charge in [-0.3, -0.25) is 4.98 Å². The average molecular weight is 486 g/mol. The zero-order valence-electron chi connectivity index (χ0n) is 22.3. The Labute approximate surface area is 213 Å². The quantitative estimate of drug-likeness (QED) is 0.165. The van der Waals surface area contributed by atoms with E-state index in [4.69, 9.17) is 9.47 Å². The van der Waals surface area contributed by atoms with E-state index in [1.807, 2.05) is 36.4 Å². The van der Waals surface area contributed by atoms with Crippen LogP contribution in [0.25, 0.3) is 11.3 Å². The third-order valence-electron chi connectivity index (χ3n) is 6.45. The molecule has 196 valence electrons. The SMILES string of the molecule is CCCCCCCCCCOc1ccc(-c2ccc(OCC(F)CCCCCCCC)cn2)cc1. The lowest BCUT2D eigenvalue weighted by Gasteiger charge is -2.11. The van der Waals surface area contributed by atoms with Crippen molar-refractivity contribution in [3.63, 3.8) is 0 Å².